The maximum Gasteiger partial charge on any atom is 0.311 e. The Morgan fingerprint density at radius 1 is 1.47 bits per heavy atom. The van der Waals surface area contributed by atoms with Crippen molar-refractivity contribution in [3.8, 4) is 0 Å². The molecule has 110 valence electrons. The van der Waals surface area contributed by atoms with Crippen LogP contribution in [0.4, 0.5) is 0 Å². The van der Waals surface area contributed by atoms with Crippen molar-refractivity contribution in [3.63, 3.8) is 0 Å². The fourth-order valence-corrected chi connectivity index (χ4v) is 2.40. The van der Waals surface area contributed by atoms with Gasteiger partial charge in [-0.05, 0) is 26.7 Å². The third-order valence-electron chi connectivity index (χ3n) is 3.48. The first-order valence-corrected chi connectivity index (χ1v) is 6.83. The normalized spacial score (nSPS) is 24.2. The summed E-state index contributed by atoms with van der Waals surface area (Å²) in [4.78, 5) is 24.9. The average Bonchev–Trinajstić information content (AvgIpc) is 2.78. The average molecular weight is 272 g/mol. The van der Waals surface area contributed by atoms with E-state index in [1.807, 2.05) is 13.8 Å². The van der Waals surface area contributed by atoms with Crippen LogP contribution < -0.4 is 5.73 Å². The molecule has 0 aromatic carbocycles. The number of amides is 1. The van der Waals surface area contributed by atoms with Gasteiger partial charge in [0.25, 0.3) is 0 Å². The van der Waals surface area contributed by atoms with Gasteiger partial charge in [-0.2, -0.15) is 0 Å². The molecule has 1 rings (SSSR count). The minimum absolute atomic E-state index is 0.00935. The van der Waals surface area contributed by atoms with Gasteiger partial charge in [-0.15, -0.1) is 0 Å². The number of aliphatic carboxylic acids is 1. The maximum absolute atomic E-state index is 12.1. The molecule has 6 nitrogen and oxygen atoms in total. The molecule has 3 unspecified atom stereocenters. The van der Waals surface area contributed by atoms with E-state index in [0.29, 0.717) is 19.6 Å². The standard InChI is InChI=1S/C13H24N2O4/c1-3-15(12(16)6-4-5-9(2)14)11-8-19-7-10(11)13(17)18/h9-11H,3-8,14H2,1-2H3,(H,17,18). The lowest BCUT2D eigenvalue weighted by atomic mass is 10.0. The van der Waals surface area contributed by atoms with E-state index in [9.17, 15) is 9.59 Å². The number of carbonyl (C=O) groups excluding carboxylic acids is 1. The van der Waals surface area contributed by atoms with Crippen molar-refractivity contribution in [2.45, 2.75) is 45.2 Å². The van der Waals surface area contributed by atoms with Crippen molar-refractivity contribution in [1.29, 1.82) is 0 Å². The Balaban J connectivity index is 2.56. The number of carboxylic acids is 1. The number of likely N-dealkylation sites (N-methyl/N-ethyl adjacent to an activating group) is 1. The zero-order valence-electron chi connectivity index (χ0n) is 11.7. The molecule has 1 heterocycles. The predicted octanol–water partition coefficient (Wildman–Crippen LogP) is 0.452. The van der Waals surface area contributed by atoms with Crippen LogP contribution in [-0.2, 0) is 14.3 Å². The summed E-state index contributed by atoms with van der Waals surface area (Å²) in [7, 11) is 0. The molecule has 0 aliphatic carbocycles. The van der Waals surface area contributed by atoms with Crippen molar-refractivity contribution in [2.75, 3.05) is 19.8 Å². The van der Waals surface area contributed by atoms with Gasteiger partial charge in [-0.3, -0.25) is 9.59 Å². The van der Waals surface area contributed by atoms with Gasteiger partial charge < -0.3 is 20.5 Å². The molecule has 6 heteroatoms. The summed E-state index contributed by atoms with van der Waals surface area (Å²) in [5.74, 6) is -1.52. The van der Waals surface area contributed by atoms with Crippen LogP contribution in [0.25, 0.3) is 0 Å². The van der Waals surface area contributed by atoms with Gasteiger partial charge in [0.05, 0.1) is 19.3 Å². The Kier molecular flexibility index (Phi) is 6.24. The van der Waals surface area contributed by atoms with E-state index in [4.69, 9.17) is 15.6 Å². The molecule has 3 atom stereocenters. The highest BCUT2D eigenvalue weighted by Crippen LogP contribution is 2.21. The molecule has 1 amide bonds. The van der Waals surface area contributed by atoms with Crippen molar-refractivity contribution in [1.82, 2.24) is 4.90 Å². The zero-order valence-corrected chi connectivity index (χ0v) is 11.7. The first-order chi connectivity index (χ1) is 8.97. The zero-order chi connectivity index (χ0) is 14.4. The van der Waals surface area contributed by atoms with Crippen LogP contribution in [0.3, 0.4) is 0 Å². The lowest BCUT2D eigenvalue weighted by Gasteiger charge is -2.29. The highest BCUT2D eigenvalue weighted by Gasteiger charge is 2.39. The van der Waals surface area contributed by atoms with Gasteiger partial charge in [0, 0.05) is 19.0 Å². The Bertz CT molecular complexity index is 320. The smallest absolute Gasteiger partial charge is 0.311 e. The number of nitrogens with zero attached hydrogens (tertiary/aromatic N) is 1. The number of carbonyl (C=O) groups is 2. The number of hydrogen-bond acceptors (Lipinski definition) is 4. The molecule has 1 fully saturated rings. The van der Waals surface area contributed by atoms with Gasteiger partial charge >= 0.3 is 5.97 Å². The van der Waals surface area contributed by atoms with Crippen LogP contribution in [0, 0.1) is 5.92 Å². The molecule has 0 bridgehead atoms. The molecule has 0 radical (unpaired) electrons. The summed E-state index contributed by atoms with van der Waals surface area (Å²) in [6.07, 6.45) is 1.95. The highest BCUT2D eigenvalue weighted by atomic mass is 16.5. The lowest BCUT2D eigenvalue weighted by Crippen LogP contribution is -2.46. The SMILES string of the molecule is CCN(C(=O)CCCC(C)N)C1COCC1C(=O)O. The van der Waals surface area contributed by atoms with E-state index in [1.165, 1.54) is 0 Å². The third-order valence-corrected chi connectivity index (χ3v) is 3.48. The van der Waals surface area contributed by atoms with Gasteiger partial charge in [-0.25, -0.2) is 0 Å². The summed E-state index contributed by atoms with van der Waals surface area (Å²) < 4.78 is 5.21. The van der Waals surface area contributed by atoms with Crippen molar-refractivity contribution < 1.29 is 19.4 Å². The van der Waals surface area contributed by atoms with Crippen molar-refractivity contribution in [3.05, 3.63) is 0 Å². The molecular weight excluding hydrogens is 248 g/mol. The Morgan fingerprint density at radius 2 is 2.16 bits per heavy atom. The van der Waals surface area contributed by atoms with Gasteiger partial charge in [0.15, 0.2) is 0 Å². The monoisotopic (exact) mass is 272 g/mol. The molecule has 19 heavy (non-hydrogen) atoms. The summed E-state index contributed by atoms with van der Waals surface area (Å²) >= 11 is 0. The van der Waals surface area contributed by atoms with Gasteiger partial charge in [0.1, 0.15) is 5.92 Å². The second-order valence-electron chi connectivity index (χ2n) is 5.10. The van der Waals surface area contributed by atoms with E-state index in [-0.39, 0.29) is 24.6 Å². The molecule has 1 saturated heterocycles. The van der Waals surface area contributed by atoms with E-state index in [1.54, 1.807) is 4.90 Å². The summed E-state index contributed by atoms with van der Waals surface area (Å²) in [6.45, 7) is 4.77. The fourth-order valence-electron chi connectivity index (χ4n) is 2.40. The Hall–Kier alpha value is -1.14. The molecule has 1 aliphatic rings. The van der Waals surface area contributed by atoms with E-state index < -0.39 is 11.9 Å². The second kappa shape index (κ2) is 7.45. The van der Waals surface area contributed by atoms with E-state index in [0.717, 1.165) is 12.8 Å². The third kappa shape index (κ3) is 4.47. The minimum atomic E-state index is -0.899. The van der Waals surface area contributed by atoms with Crippen LogP contribution >= 0.6 is 0 Å². The molecule has 1 aliphatic heterocycles. The molecule has 3 N–H and O–H groups in total. The second-order valence-corrected chi connectivity index (χ2v) is 5.10. The van der Waals surface area contributed by atoms with Crippen LogP contribution in [-0.4, -0.2) is 53.7 Å². The summed E-state index contributed by atoms with van der Waals surface area (Å²) in [6, 6.07) is -0.255. The number of hydrogen-bond donors (Lipinski definition) is 2. The first-order valence-electron chi connectivity index (χ1n) is 6.83. The minimum Gasteiger partial charge on any atom is -0.481 e. The molecular formula is C13H24N2O4. The molecule has 0 aromatic heterocycles. The van der Waals surface area contributed by atoms with Crippen molar-refractivity contribution in [2.24, 2.45) is 11.7 Å². The van der Waals surface area contributed by atoms with Gasteiger partial charge in [-0.1, -0.05) is 0 Å². The van der Waals surface area contributed by atoms with E-state index in [2.05, 4.69) is 0 Å². The molecule has 0 spiro atoms. The number of rotatable bonds is 7. The number of ether oxygens (including phenoxy) is 1. The van der Waals surface area contributed by atoms with Crippen LogP contribution in [0.2, 0.25) is 0 Å². The first kappa shape index (κ1) is 15.9. The van der Waals surface area contributed by atoms with Crippen LogP contribution in [0.15, 0.2) is 0 Å². The molecule has 0 aromatic rings. The number of nitrogens with two attached hydrogens (primary N) is 1. The number of carboxylic acid groups (broad SMARTS) is 1. The highest BCUT2D eigenvalue weighted by molar-refractivity contribution is 5.78. The quantitative estimate of drug-likeness (QED) is 0.702. The Morgan fingerprint density at radius 3 is 2.68 bits per heavy atom. The maximum atomic E-state index is 12.1. The topological polar surface area (TPSA) is 92.9 Å². The molecule has 0 saturated carbocycles. The summed E-state index contributed by atoms with van der Waals surface area (Å²) in [5, 5.41) is 9.12. The lowest BCUT2D eigenvalue weighted by molar-refractivity contribution is -0.145. The van der Waals surface area contributed by atoms with Crippen LogP contribution in [0.5, 0.6) is 0 Å². The van der Waals surface area contributed by atoms with Crippen molar-refractivity contribution >= 4 is 11.9 Å². The van der Waals surface area contributed by atoms with E-state index >= 15 is 0 Å². The largest absolute Gasteiger partial charge is 0.481 e. The predicted molar refractivity (Wildman–Crippen MR) is 70.6 cm³/mol. The Labute approximate surface area is 113 Å². The van der Waals surface area contributed by atoms with Gasteiger partial charge in [0.2, 0.25) is 5.91 Å². The van der Waals surface area contributed by atoms with Crippen LogP contribution in [0.1, 0.15) is 33.1 Å². The summed E-state index contributed by atoms with van der Waals surface area (Å²) in [5.41, 5.74) is 5.65. The fraction of sp³-hybridized carbons (Fsp3) is 0.846.